The highest BCUT2D eigenvalue weighted by atomic mass is 14.8. The molecule has 1 aromatic rings. The molecule has 0 spiro atoms. The monoisotopic (exact) mass is 201 g/mol. The fraction of sp³-hybridized carbons (Fsp3) is 0.571. The van der Waals surface area contributed by atoms with Crippen LogP contribution in [0.25, 0.3) is 0 Å². The van der Waals surface area contributed by atoms with E-state index in [-0.39, 0.29) is 0 Å². The van der Waals surface area contributed by atoms with Crippen molar-refractivity contribution in [2.24, 2.45) is 0 Å². The Bertz CT molecular complexity index is 381. The second-order valence-corrected chi connectivity index (χ2v) is 4.99. The van der Waals surface area contributed by atoms with Crippen molar-refractivity contribution < 1.29 is 0 Å². The van der Waals surface area contributed by atoms with E-state index in [2.05, 4.69) is 17.4 Å². The van der Waals surface area contributed by atoms with Gasteiger partial charge in [0.15, 0.2) is 0 Å². The van der Waals surface area contributed by atoms with Crippen LogP contribution < -0.4 is 5.32 Å². The molecule has 15 heavy (non-hydrogen) atoms. The Morgan fingerprint density at radius 2 is 2.00 bits per heavy atom. The Morgan fingerprint density at radius 1 is 1.20 bits per heavy atom. The van der Waals surface area contributed by atoms with Gasteiger partial charge in [-0.2, -0.15) is 0 Å². The fourth-order valence-electron chi connectivity index (χ4n) is 3.40. The molecule has 2 aliphatic rings. The molecule has 1 unspecified atom stereocenters. The Morgan fingerprint density at radius 3 is 2.80 bits per heavy atom. The Kier molecular flexibility index (Phi) is 2.28. The highest BCUT2D eigenvalue weighted by molar-refractivity contribution is 5.46. The molecule has 80 valence electrons. The summed E-state index contributed by atoms with van der Waals surface area (Å²) in [6, 6.07) is 4.87. The van der Waals surface area contributed by atoms with Gasteiger partial charge in [0, 0.05) is 6.54 Å². The Hall–Kier alpha value is -0.820. The number of benzene rings is 1. The molecule has 0 bridgehead atoms. The maximum Gasteiger partial charge on any atom is 0.0202 e. The van der Waals surface area contributed by atoms with E-state index >= 15 is 0 Å². The van der Waals surface area contributed by atoms with Gasteiger partial charge < -0.3 is 5.32 Å². The molecule has 0 aromatic heterocycles. The summed E-state index contributed by atoms with van der Waals surface area (Å²) in [5.74, 6) is 0.910. The van der Waals surface area contributed by atoms with Crippen molar-refractivity contribution >= 4 is 0 Å². The molecule has 0 amide bonds. The van der Waals surface area contributed by atoms with Crippen molar-refractivity contribution in [2.75, 3.05) is 7.05 Å². The van der Waals surface area contributed by atoms with E-state index in [4.69, 9.17) is 0 Å². The molecule has 0 fully saturated rings. The average molecular weight is 201 g/mol. The molecule has 0 saturated carbocycles. The van der Waals surface area contributed by atoms with Gasteiger partial charge in [0.25, 0.3) is 0 Å². The molecular weight excluding hydrogens is 182 g/mol. The zero-order chi connectivity index (χ0) is 10.3. The zero-order valence-electron chi connectivity index (χ0n) is 9.47. The lowest BCUT2D eigenvalue weighted by molar-refractivity contribution is 0.554. The van der Waals surface area contributed by atoms with Gasteiger partial charge in [-0.25, -0.2) is 0 Å². The third kappa shape index (κ3) is 1.50. The van der Waals surface area contributed by atoms with Gasteiger partial charge in [0.2, 0.25) is 0 Å². The minimum absolute atomic E-state index is 0.910. The normalized spacial score (nSPS) is 22.9. The molecule has 2 aliphatic carbocycles. The lowest BCUT2D eigenvalue weighted by Crippen LogP contribution is -2.10. The SMILES string of the molecule is CNCc1cc2c3c(c1)CCC3CCC2. The van der Waals surface area contributed by atoms with E-state index < -0.39 is 0 Å². The summed E-state index contributed by atoms with van der Waals surface area (Å²) in [6.07, 6.45) is 6.89. The fourth-order valence-corrected chi connectivity index (χ4v) is 3.40. The maximum absolute atomic E-state index is 3.26. The zero-order valence-corrected chi connectivity index (χ0v) is 9.47. The van der Waals surface area contributed by atoms with E-state index in [0.29, 0.717) is 0 Å². The van der Waals surface area contributed by atoms with Crippen LogP contribution in [0.4, 0.5) is 0 Å². The van der Waals surface area contributed by atoms with Crippen LogP contribution in [0.15, 0.2) is 12.1 Å². The molecule has 0 radical (unpaired) electrons. The summed E-state index contributed by atoms with van der Waals surface area (Å²) >= 11 is 0. The van der Waals surface area contributed by atoms with Crippen LogP contribution in [0.3, 0.4) is 0 Å². The number of hydrogen-bond donors (Lipinski definition) is 1. The summed E-state index contributed by atoms with van der Waals surface area (Å²) in [4.78, 5) is 0. The smallest absolute Gasteiger partial charge is 0.0202 e. The van der Waals surface area contributed by atoms with Crippen LogP contribution in [0, 0.1) is 0 Å². The van der Waals surface area contributed by atoms with Gasteiger partial charge in [-0.15, -0.1) is 0 Å². The summed E-state index contributed by atoms with van der Waals surface area (Å²) in [7, 11) is 2.03. The number of nitrogens with one attached hydrogen (secondary N) is 1. The number of rotatable bonds is 2. The number of hydrogen-bond acceptors (Lipinski definition) is 1. The van der Waals surface area contributed by atoms with Crippen molar-refractivity contribution in [2.45, 2.75) is 44.6 Å². The molecule has 3 rings (SSSR count). The molecule has 0 heterocycles. The molecular formula is C14H19N. The molecule has 0 aliphatic heterocycles. The minimum Gasteiger partial charge on any atom is -0.316 e. The molecule has 1 heteroatoms. The molecule has 1 N–H and O–H groups in total. The number of aryl methyl sites for hydroxylation is 2. The first-order chi connectivity index (χ1) is 7.38. The van der Waals surface area contributed by atoms with E-state index in [1.807, 2.05) is 7.05 Å². The van der Waals surface area contributed by atoms with Gasteiger partial charge in [0.05, 0.1) is 0 Å². The first kappa shape index (κ1) is 9.41. The standard InChI is InChI=1S/C14H19N/c1-15-9-10-7-12-4-2-3-11-5-6-13(8-10)14(11)12/h7-8,11,15H,2-6,9H2,1H3. The summed E-state index contributed by atoms with van der Waals surface area (Å²) in [5, 5.41) is 3.26. The maximum atomic E-state index is 3.26. The van der Waals surface area contributed by atoms with Crippen LogP contribution in [0.1, 0.15) is 47.4 Å². The lowest BCUT2D eigenvalue weighted by Gasteiger charge is -2.22. The first-order valence-corrected chi connectivity index (χ1v) is 6.17. The summed E-state index contributed by atoms with van der Waals surface area (Å²) < 4.78 is 0. The van der Waals surface area contributed by atoms with E-state index in [0.717, 1.165) is 12.5 Å². The van der Waals surface area contributed by atoms with E-state index in [1.54, 1.807) is 16.7 Å². The Labute approximate surface area is 91.9 Å². The van der Waals surface area contributed by atoms with Crippen LogP contribution in [0.5, 0.6) is 0 Å². The topological polar surface area (TPSA) is 12.0 Å². The van der Waals surface area contributed by atoms with Crippen molar-refractivity contribution in [1.82, 2.24) is 5.32 Å². The second-order valence-electron chi connectivity index (χ2n) is 4.99. The van der Waals surface area contributed by atoms with Gasteiger partial charge in [-0.05, 0) is 67.3 Å². The predicted octanol–water partition coefficient (Wildman–Crippen LogP) is 2.77. The largest absolute Gasteiger partial charge is 0.316 e. The molecule has 0 saturated heterocycles. The summed E-state index contributed by atoms with van der Waals surface area (Å²) in [6.45, 7) is 1.02. The van der Waals surface area contributed by atoms with Gasteiger partial charge in [0.1, 0.15) is 0 Å². The van der Waals surface area contributed by atoms with Crippen LogP contribution in [-0.2, 0) is 19.4 Å². The van der Waals surface area contributed by atoms with Crippen LogP contribution >= 0.6 is 0 Å². The van der Waals surface area contributed by atoms with E-state index in [1.165, 1.54) is 37.7 Å². The third-order valence-corrected chi connectivity index (χ3v) is 3.96. The van der Waals surface area contributed by atoms with Crippen LogP contribution in [0.2, 0.25) is 0 Å². The molecule has 1 nitrogen and oxygen atoms in total. The second kappa shape index (κ2) is 3.64. The van der Waals surface area contributed by atoms with E-state index in [9.17, 15) is 0 Å². The van der Waals surface area contributed by atoms with Crippen molar-refractivity contribution in [3.8, 4) is 0 Å². The predicted molar refractivity (Wildman–Crippen MR) is 63.2 cm³/mol. The van der Waals surface area contributed by atoms with Crippen molar-refractivity contribution in [3.05, 3.63) is 34.4 Å². The molecule has 1 aromatic carbocycles. The minimum atomic E-state index is 0.910. The van der Waals surface area contributed by atoms with Crippen molar-refractivity contribution in [1.29, 1.82) is 0 Å². The summed E-state index contributed by atoms with van der Waals surface area (Å²) in [5.41, 5.74) is 6.53. The van der Waals surface area contributed by atoms with Crippen LogP contribution in [-0.4, -0.2) is 7.05 Å². The van der Waals surface area contributed by atoms with Gasteiger partial charge >= 0.3 is 0 Å². The molecule has 1 atom stereocenters. The van der Waals surface area contributed by atoms with Crippen molar-refractivity contribution in [3.63, 3.8) is 0 Å². The average Bonchev–Trinajstić information content (AvgIpc) is 2.64. The highest BCUT2D eigenvalue weighted by Crippen LogP contribution is 2.42. The lowest BCUT2D eigenvalue weighted by atomic mass is 9.83. The first-order valence-electron chi connectivity index (χ1n) is 6.17. The van der Waals surface area contributed by atoms with Gasteiger partial charge in [-0.3, -0.25) is 0 Å². The third-order valence-electron chi connectivity index (χ3n) is 3.96. The quantitative estimate of drug-likeness (QED) is 0.776. The van der Waals surface area contributed by atoms with Gasteiger partial charge in [-0.1, -0.05) is 12.1 Å². The Balaban J connectivity index is 2.06. The highest BCUT2D eigenvalue weighted by Gasteiger charge is 2.28.